The first-order valence-corrected chi connectivity index (χ1v) is 11.0. The quantitative estimate of drug-likeness (QED) is 0.338. The number of carbonyl (C=O) groups excluding carboxylic acids is 1. The van der Waals surface area contributed by atoms with Crippen molar-refractivity contribution in [2.45, 2.75) is 51.2 Å². The normalized spacial score (nSPS) is 31.3. The highest BCUT2D eigenvalue weighted by Gasteiger charge is 2.49. The number of esters is 1. The molecule has 12 nitrogen and oxygen atoms in total. The van der Waals surface area contributed by atoms with Crippen molar-refractivity contribution in [2.75, 3.05) is 19.8 Å². The van der Waals surface area contributed by atoms with E-state index in [-0.39, 0.29) is 44.7 Å². The van der Waals surface area contributed by atoms with Crippen LogP contribution in [0, 0.1) is 5.92 Å². The van der Waals surface area contributed by atoms with E-state index in [0.717, 1.165) is 10.6 Å². The number of nitrogens with one attached hydrogen (secondary N) is 1. The molecule has 3 heterocycles. The number of rotatable bonds is 7. The fourth-order valence-corrected chi connectivity index (χ4v) is 4.45. The molecule has 1 aromatic heterocycles. The number of phosphoric acid groups is 1. The molecule has 2 N–H and O–H groups in total. The Bertz CT molecular complexity index is 912. The van der Waals surface area contributed by atoms with Gasteiger partial charge in [-0.2, -0.15) is 0 Å². The molecule has 30 heavy (non-hydrogen) atoms. The number of aromatic amines is 1. The molecule has 0 aromatic carbocycles. The summed E-state index contributed by atoms with van der Waals surface area (Å²) in [7, 11) is -3.89. The van der Waals surface area contributed by atoms with Crippen LogP contribution in [0.25, 0.3) is 0 Å². The first-order chi connectivity index (χ1) is 14.2. The van der Waals surface area contributed by atoms with Gasteiger partial charge in [0, 0.05) is 24.6 Å². The van der Waals surface area contributed by atoms with Gasteiger partial charge in [0.05, 0.1) is 32.0 Å². The van der Waals surface area contributed by atoms with Crippen molar-refractivity contribution >= 4 is 13.8 Å². The molecule has 0 spiro atoms. The van der Waals surface area contributed by atoms with Gasteiger partial charge in [-0.1, -0.05) is 0 Å². The van der Waals surface area contributed by atoms with Gasteiger partial charge in [0.15, 0.2) is 6.23 Å². The number of hydrogen-bond acceptors (Lipinski definition) is 10. The molecular weight excluding hydrogens is 423 g/mol. The van der Waals surface area contributed by atoms with Crippen molar-refractivity contribution in [3.05, 3.63) is 33.1 Å². The summed E-state index contributed by atoms with van der Waals surface area (Å²) in [6.45, 7) is 3.06. The summed E-state index contributed by atoms with van der Waals surface area (Å²) in [5, 5.41) is 10.6. The molecule has 1 aromatic rings. The molecule has 0 unspecified atom stereocenters. The lowest BCUT2D eigenvalue weighted by Gasteiger charge is -2.20. The molecule has 3 rings (SSSR count). The van der Waals surface area contributed by atoms with Crippen LogP contribution in [0.4, 0.5) is 0 Å². The Labute approximate surface area is 171 Å². The van der Waals surface area contributed by atoms with Crippen molar-refractivity contribution in [2.24, 2.45) is 5.92 Å². The molecule has 2 fully saturated rings. The zero-order valence-electron chi connectivity index (χ0n) is 16.6. The van der Waals surface area contributed by atoms with E-state index in [9.17, 15) is 24.1 Å². The number of phosphoric ester groups is 1. The predicted octanol–water partition coefficient (Wildman–Crippen LogP) is 0.314. The zero-order valence-corrected chi connectivity index (χ0v) is 17.5. The number of aromatic nitrogens is 2. The van der Waals surface area contributed by atoms with Crippen LogP contribution in [0.2, 0.25) is 0 Å². The number of aliphatic hydroxyl groups excluding tert-OH is 1. The Kier molecular flexibility index (Phi) is 7.27. The van der Waals surface area contributed by atoms with E-state index in [2.05, 4.69) is 4.98 Å². The number of H-pyrrole nitrogens is 1. The summed E-state index contributed by atoms with van der Waals surface area (Å²) in [4.78, 5) is 36.8. The third-order valence-electron chi connectivity index (χ3n) is 4.61. The Morgan fingerprint density at radius 3 is 2.80 bits per heavy atom. The van der Waals surface area contributed by atoms with Crippen LogP contribution in [0.15, 0.2) is 21.9 Å². The lowest BCUT2D eigenvalue weighted by atomic mass is 9.99. The number of hydrogen-bond donors (Lipinski definition) is 2. The van der Waals surface area contributed by atoms with Gasteiger partial charge in [-0.05, 0) is 20.3 Å². The van der Waals surface area contributed by atoms with Crippen molar-refractivity contribution < 1.29 is 37.5 Å². The molecule has 0 bridgehead atoms. The van der Waals surface area contributed by atoms with Crippen molar-refractivity contribution in [3.8, 4) is 0 Å². The molecule has 0 saturated carbocycles. The van der Waals surface area contributed by atoms with Gasteiger partial charge < -0.3 is 14.6 Å². The smallest absolute Gasteiger partial charge is 0.463 e. The van der Waals surface area contributed by atoms with Crippen molar-refractivity contribution in [3.63, 3.8) is 0 Å². The minimum absolute atomic E-state index is 0.0430. The second kappa shape index (κ2) is 9.54. The molecule has 13 heteroatoms. The number of fused-ring (bicyclic) bond motifs is 1. The third-order valence-corrected chi connectivity index (χ3v) is 6.04. The maximum atomic E-state index is 12.6. The monoisotopic (exact) mass is 448 g/mol. The highest BCUT2D eigenvalue weighted by atomic mass is 31.2. The van der Waals surface area contributed by atoms with Crippen molar-refractivity contribution in [1.29, 1.82) is 0 Å². The Morgan fingerprint density at radius 1 is 1.37 bits per heavy atom. The largest absolute Gasteiger partial charge is 0.474 e. The molecule has 5 atom stereocenters. The van der Waals surface area contributed by atoms with Crippen LogP contribution < -0.4 is 11.2 Å². The fourth-order valence-electron chi connectivity index (χ4n) is 3.19. The number of ether oxygens (including phenoxy) is 2. The van der Waals surface area contributed by atoms with Crippen LogP contribution in [0.1, 0.15) is 32.9 Å². The second-order valence-corrected chi connectivity index (χ2v) is 8.92. The lowest BCUT2D eigenvalue weighted by molar-refractivity contribution is -0.147. The first-order valence-electron chi connectivity index (χ1n) is 9.56. The Balaban J connectivity index is 1.54. The molecule has 2 saturated heterocycles. The second-order valence-electron chi connectivity index (χ2n) is 7.25. The summed E-state index contributed by atoms with van der Waals surface area (Å²) in [6.07, 6.45) is -1.55. The van der Waals surface area contributed by atoms with E-state index in [0.29, 0.717) is 0 Å². The van der Waals surface area contributed by atoms with Crippen LogP contribution in [-0.2, 0) is 32.4 Å². The van der Waals surface area contributed by atoms with Gasteiger partial charge >= 0.3 is 19.5 Å². The van der Waals surface area contributed by atoms with E-state index in [1.54, 1.807) is 13.8 Å². The zero-order chi connectivity index (χ0) is 21.9. The average molecular weight is 448 g/mol. The Hall–Kier alpha value is -1.82. The molecule has 0 amide bonds. The summed E-state index contributed by atoms with van der Waals surface area (Å²) in [6, 6.07) is 1.14. The maximum Gasteiger partial charge on any atom is 0.474 e. The molecular formula is C17H25N2O10P. The van der Waals surface area contributed by atoms with E-state index in [4.69, 9.17) is 23.0 Å². The summed E-state index contributed by atoms with van der Waals surface area (Å²) >= 11 is 0. The predicted molar refractivity (Wildman–Crippen MR) is 101 cm³/mol. The van der Waals surface area contributed by atoms with E-state index in [1.165, 1.54) is 6.20 Å². The van der Waals surface area contributed by atoms with Gasteiger partial charge in [-0.25, -0.2) is 9.36 Å². The molecule has 0 radical (unpaired) electrons. The summed E-state index contributed by atoms with van der Waals surface area (Å²) in [5.74, 6) is -1.02. The summed E-state index contributed by atoms with van der Waals surface area (Å²) < 4.78 is 40.2. The Morgan fingerprint density at radius 2 is 2.10 bits per heavy atom. The van der Waals surface area contributed by atoms with E-state index >= 15 is 0 Å². The minimum atomic E-state index is -3.89. The molecule has 2 aliphatic rings. The van der Waals surface area contributed by atoms with Crippen LogP contribution in [0.3, 0.4) is 0 Å². The third kappa shape index (κ3) is 5.45. The number of aliphatic hydroxyl groups is 1. The highest BCUT2D eigenvalue weighted by Crippen LogP contribution is 2.53. The average Bonchev–Trinajstić information content (AvgIpc) is 2.87. The number of carbonyl (C=O) groups is 1. The molecule has 168 valence electrons. The first kappa shape index (κ1) is 22.9. The molecule has 2 aliphatic heterocycles. The van der Waals surface area contributed by atoms with Gasteiger partial charge in [0.1, 0.15) is 6.10 Å². The standard InChI is InChI=1S/C17H25N2O10P/c1-10(2)28-14(21)4-3-7-25-30(24)26-8-11-12(9-27-30)29-16(15(11)22)19-6-5-13(20)18-17(19)23/h5-6,10-12,15-16,22H,3-4,7-9H2,1-2H3,(H,18,20,23)/t11-,12-,15-,16-,30+/m1/s1. The van der Waals surface area contributed by atoms with E-state index < -0.39 is 43.4 Å². The highest BCUT2D eigenvalue weighted by molar-refractivity contribution is 7.48. The van der Waals surface area contributed by atoms with Crippen LogP contribution in [-0.4, -0.2) is 58.8 Å². The van der Waals surface area contributed by atoms with Crippen LogP contribution in [0.5, 0.6) is 0 Å². The topological polar surface area (TPSA) is 155 Å². The number of nitrogens with zero attached hydrogens (tertiary/aromatic N) is 1. The lowest BCUT2D eigenvalue weighted by Crippen LogP contribution is -2.36. The van der Waals surface area contributed by atoms with Gasteiger partial charge in [0.25, 0.3) is 5.56 Å². The van der Waals surface area contributed by atoms with Gasteiger partial charge in [-0.3, -0.25) is 32.7 Å². The van der Waals surface area contributed by atoms with Gasteiger partial charge in [0.2, 0.25) is 0 Å². The maximum absolute atomic E-state index is 12.6. The van der Waals surface area contributed by atoms with Gasteiger partial charge in [-0.15, -0.1) is 0 Å². The SMILES string of the molecule is CC(C)OC(=O)CCCO[P@@]1(=O)OC[C@H]2[C@@H](O)[C@H](n3ccc(=O)[nH]c3=O)O[C@@H]2CO1. The minimum Gasteiger partial charge on any atom is -0.463 e. The van der Waals surface area contributed by atoms with E-state index in [1.807, 2.05) is 0 Å². The molecule has 0 aliphatic carbocycles. The van der Waals surface area contributed by atoms with Crippen molar-refractivity contribution in [1.82, 2.24) is 9.55 Å². The summed E-state index contributed by atoms with van der Waals surface area (Å²) in [5.41, 5.74) is -1.30. The fraction of sp³-hybridized carbons (Fsp3) is 0.706. The van der Waals surface area contributed by atoms with Crippen LogP contribution >= 0.6 is 7.82 Å².